The van der Waals surface area contributed by atoms with Crippen LogP contribution in [0, 0.1) is 5.82 Å². The molecule has 20 heavy (non-hydrogen) atoms. The minimum absolute atomic E-state index is 0.294. The van der Waals surface area contributed by atoms with Gasteiger partial charge in [-0.3, -0.25) is 0 Å². The molecule has 0 spiro atoms. The molecule has 0 bridgehead atoms. The molecule has 3 N–H and O–H groups in total. The monoisotopic (exact) mass is 274 g/mol. The van der Waals surface area contributed by atoms with Crippen molar-refractivity contribution >= 4 is 0 Å². The molecule has 2 aromatic rings. The van der Waals surface area contributed by atoms with Crippen LogP contribution in [0.15, 0.2) is 54.6 Å². The van der Waals surface area contributed by atoms with E-state index in [9.17, 15) is 9.50 Å². The number of halogens is 1. The van der Waals surface area contributed by atoms with E-state index < -0.39 is 5.60 Å². The molecule has 2 nitrogen and oxygen atoms in total. The molecular formula is C17H21FNO+. The van der Waals surface area contributed by atoms with E-state index in [1.807, 2.05) is 30.3 Å². The van der Waals surface area contributed by atoms with Gasteiger partial charge in [-0.15, -0.1) is 0 Å². The highest BCUT2D eigenvalue weighted by Crippen LogP contribution is 2.28. The average Bonchev–Trinajstić information content (AvgIpc) is 2.46. The maximum Gasteiger partial charge on any atom is 0.163 e. The van der Waals surface area contributed by atoms with Gasteiger partial charge in [0, 0.05) is 0 Å². The van der Waals surface area contributed by atoms with Crippen molar-refractivity contribution in [1.29, 1.82) is 0 Å². The number of rotatable bonds is 5. The summed E-state index contributed by atoms with van der Waals surface area (Å²) in [5.41, 5.74) is 0.421. The molecule has 0 aromatic heterocycles. The summed E-state index contributed by atoms with van der Waals surface area (Å²) in [6.45, 7) is 4.66. The lowest BCUT2D eigenvalue weighted by molar-refractivity contribution is -0.693. The van der Waals surface area contributed by atoms with Gasteiger partial charge < -0.3 is 10.4 Å². The van der Waals surface area contributed by atoms with Crippen molar-refractivity contribution in [2.75, 3.05) is 6.54 Å². The van der Waals surface area contributed by atoms with Crippen LogP contribution >= 0.6 is 0 Å². The fourth-order valence-electron chi connectivity index (χ4n) is 2.25. The number of hydrogen-bond acceptors (Lipinski definition) is 1. The van der Waals surface area contributed by atoms with Crippen LogP contribution in [0.3, 0.4) is 0 Å². The summed E-state index contributed by atoms with van der Waals surface area (Å²) in [4.78, 5) is 0. The molecule has 0 aliphatic heterocycles. The summed E-state index contributed by atoms with van der Waals surface area (Å²) in [6.07, 6.45) is 0. The van der Waals surface area contributed by atoms with Gasteiger partial charge in [-0.2, -0.15) is 0 Å². The molecule has 0 fully saturated rings. The Bertz CT molecular complexity index is 539. The van der Waals surface area contributed by atoms with Crippen molar-refractivity contribution in [3.8, 4) is 0 Å². The molecule has 0 radical (unpaired) electrons. The van der Waals surface area contributed by atoms with Gasteiger partial charge in [0.25, 0.3) is 0 Å². The normalized spacial score (nSPS) is 14.2. The molecule has 0 heterocycles. The molecule has 2 rings (SSSR count). The van der Waals surface area contributed by atoms with E-state index in [1.54, 1.807) is 12.1 Å². The number of hydrogen-bond donors (Lipinski definition) is 2. The van der Waals surface area contributed by atoms with Crippen LogP contribution in [0.25, 0.3) is 0 Å². The lowest BCUT2D eigenvalue weighted by atomic mass is 9.86. The highest BCUT2D eigenvalue weighted by Gasteiger charge is 2.33. The first kappa shape index (κ1) is 14.7. The summed E-state index contributed by atoms with van der Waals surface area (Å²) < 4.78 is 13.1. The lowest BCUT2D eigenvalue weighted by Crippen LogP contribution is -2.91. The minimum Gasteiger partial charge on any atom is -0.375 e. The van der Waals surface area contributed by atoms with Gasteiger partial charge in [-0.1, -0.05) is 42.5 Å². The van der Waals surface area contributed by atoms with Crippen LogP contribution in [0.4, 0.5) is 4.39 Å². The second kappa shape index (κ2) is 6.16. The standard InChI is InChI=1S/C17H20FNO/c1-13(2)19-12-17(20,14-6-4-3-5-7-14)15-8-10-16(18)11-9-15/h3-11,13,19-20H,12H2,1-2H3/p+1/t17-/m1/s1. The van der Waals surface area contributed by atoms with E-state index in [4.69, 9.17) is 0 Å². The van der Waals surface area contributed by atoms with Crippen LogP contribution in [0.5, 0.6) is 0 Å². The molecular weight excluding hydrogens is 253 g/mol. The lowest BCUT2D eigenvalue weighted by Gasteiger charge is -2.28. The summed E-state index contributed by atoms with van der Waals surface area (Å²) in [5, 5.41) is 13.2. The second-order valence-electron chi connectivity index (χ2n) is 5.42. The molecule has 0 aliphatic carbocycles. The van der Waals surface area contributed by atoms with Gasteiger partial charge in [0.1, 0.15) is 12.4 Å². The molecule has 0 amide bonds. The van der Waals surface area contributed by atoms with Crippen LogP contribution in [-0.4, -0.2) is 17.7 Å². The zero-order chi connectivity index (χ0) is 14.6. The average molecular weight is 274 g/mol. The largest absolute Gasteiger partial charge is 0.375 e. The van der Waals surface area contributed by atoms with Crippen LogP contribution in [-0.2, 0) is 5.60 Å². The Labute approximate surface area is 119 Å². The predicted octanol–water partition coefficient (Wildman–Crippen LogP) is 2.03. The summed E-state index contributed by atoms with van der Waals surface area (Å²) >= 11 is 0. The topological polar surface area (TPSA) is 36.8 Å². The quantitative estimate of drug-likeness (QED) is 0.860. The maximum atomic E-state index is 13.1. The Balaban J connectivity index is 2.40. The first-order valence-electron chi connectivity index (χ1n) is 6.89. The summed E-state index contributed by atoms with van der Waals surface area (Å²) in [5.74, 6) is -0.294. The van der Waals surface area contributed by atoms with Gasteiger partial charge in [-0.25, -0.2) is 4.39 Å². The number of nitrogens with two attached hydrogens (primary N) is 1. The van der Waals surface area contributed by atoms with Crippen molar-refractivity contribution in [2.45, 2.75) is 25.5 Å². The zero-order valence-corrected chi connectivity index (χ0v) is 11.9. The molecule has 2 aromatic carbocycles. The molecule has 106 valence electrons. The third kappa shape index (κ3) is 3.24. The summed E-state index contributed by atoms with van der Waals surface area (Å²) in [7, 11) is 0. The molecule has 0 saturated heterocycles. The number of aliphatic hydroxyl groups is 1. The fourth-order valence-corrected chi connectivity index (χ4v) is 2.25. The number of benzene rings is 2. The minimum atomic E-state index is -1.11. The zero-order valence-electron chi connectivity index (χ0n) is 11.9. The van der Waals surface area contributed by atoms with Gasteiger partial charge in [-0.05, 0) is 37.1 Å². The van der Waals surface area contributed by atoms with Crippen LogP contribution in [0.1, 0.15) is 25.0 Å². The Morgan fingerprint density at radius 1 is 1.00 bits per heavy atom. The van der Waals surface area contributed by atoms with E-state index in [-0.39, 0.29) is 5.82 Å². The van der Waals surface area contributed by atoms with E-state index in [0.29, 0.717) is 18.2 Å². The SMILES string of the molecule is CC(C)[NH2+]C[C@@](O)(c1ccccc1)c1ccc(F)cc1. The van der Waals surface area contributed by atoms with Crippen molar-refractivity contribution in [3.63, 3.8) is 0 Å². The van der Waals surface area contributed by atoms with Crippen LogP contribution in [0.2, 0.25) is 0 Å². The predicted molar refractivity (Wildman–Crippen MR) is 77.8 cm³/mol. The first-order chi connectivity index (χ1) is 9.52. The molecule has 0 saturated carbocycles. The van der Waals surface area contributed by atoms with Gasteiger partial charge in [0.05, 0.1) is 6.04 Å². The molecule has 0 unspecified atom stereocenters. The Hall–Kier alpha value is -1.71. The number of quaternary nitrogens is 1. The first-order valence-corrected chi connectivity index (χ1v) is 6.89. The van der Waals surface area contributed by atoms with Crippen LogP contribution < -0.4 is 5.32 Å². The highest BCUT2D eigenvalue weighted by atomic mass is 19.1. The van der Waals surface area contributed by atoms with Gasteiger partial charge in [0.15, 0.2) is 5.60 Å². The Kier molecular flexibility index (Phi) is 4.53. The van der Waals surface area contributed by atoms with Crippen molar-refractivity contribution < 1.29 is 14.8 Å². The fraction of sp³-hybridized carbons (Fsp3) is 0.294. The smallest absolute Gasteiger partial charge is 0.163 e. The van der Waals surface area contributed by atoms with Crippen molar-refractivity contribution in [1.82, 2.24) is 0 Å². The third-order valence-electron chi connectivity index (χ3n) is 3.46. The third-order valence-corrected chi connectivity index (χ3v) is 3.46. The van der Waals surface area contributed by atoms with E-state index in [2.05, 4.69) is 19.2 Å². The molecule has 1 atom stereocenters. The van der Waals surface area contributed by atoms with E-state index >= 15 is 0 Å². The van der Waals surface area contributed by atoms with E-state index in [0.717, 1.165) is 5.56 Å². The van der Waals surface area contributed by atoms with E-state index in [1.165, 1.54) is 12.1 Å². The second-order valence-corrected chi connectivity index (χ2v) is 5.42. The van der Waals surface area contributed by atoms with Crippen molar-refractivity contribution in [2.24, 2.45) is 0 Å². The Morgan fingerprint density at radius 3 is 2.10 bits per heavy atom. The highest BCUT2D eigenvalue weighted by molar-refractivity contribution is 5.36. The van der Waals surface area contributed by atoms with Gasteiger partial charge >= 0.3 is 0 Å². The molecule has 0 aliphatic rings. The van der Waals surface area contributed by atoms with Gasteiger partial charge in [0.2, 0.25) is 0 Å². The summed E-state index contributed by atoms with van der Waals surface area (Å²) in [6, 6.07) is 16.0. The van der Waals surface area contributed by atoms with Crippen molar-refractivity contribution in [3.05, 3.63) is 71.5 Å². The molecule has 3 heteroatoms. The maximum absolute atomic E-state index is 13.1. The Morgan fingerprint density at radius 2 is 1.55 bits per heavy atom.